The van der Waals surface area contributed by atoms with Crippen molar-refractivity contribution in [3.8, 4) is 0 Å². The summed E-state index contributed by atoms with van der Waals surface area (Å²) in [6.07, 6.45) is 0. The molecule has 1 aromatic carbocycles. The molecular formula is C17H18N2O3S. The van der Waals surface area contributed by atoms with Gasteiger partial charge >= 0.3 is 5.97 Å². The van der Waals surface area contributed by atoms with E-state index in [1.54, 1.807) is 18.7 Å². The molecule has 0 spiro atoms. The first-order chi connectivity index (χ1) is 11.0. The normalized spacial score (nSPS) is 23.7. The number of carbonyl (C=O) groups excluding carboxylic acids is 2. The summed E-state index contributed by atoms with van der Waals surface area (Å²) in [5, 5.41) is 0.455. The number of aliphatic imine (C=N–C) groups is 1. The zero-order valence-corrected chi connectivity index (χ0v) is 14.1. The molecule has 3 rings (SSSR count). The van der Waals surface area contributed by atoms with Crippen LogP contribution in [0.3, 0.4) is 0 Å². The summed E-state index contributed by atoms with van der Waals surface area (Å²) < 4.78 is 5.20. The molecule has 2 aliphatic rings. The number of rotatable bonds is 3. The van der Waals surface area contributed by atoms with E-state index in [1.807, 2.05) is 37.3 Å². The third kappa shape index (κ3) is 2.67. The van der Waals surface area contributed by atoms with Gasteiger partial charge in [-0.3, -0.25) is 9.69 Å². The highest BCUT2D eigenvalue weighted by Gasteiger charge is 2.46. The molecule has 2 heterocycles. The van der Waals surface area contributed by atoms with Crippen LogP contribution >= 0.6 is 11.8 Å². The van der Waals surface area contributed by atoms with E-state index in [-0.39, 0.29) is 17.8 Å². The van der Waals surface area contributed by atoms with Crippen LogP contribution in [-0.2, 0) is 14.3 Å². The Morgan fingerprint density at radius 3 is 2.70 bits per heavy atom. The Bertz CT molecular complexity index is 712. The van der Waals surface area contributed by atoms with Crippen LogP contribution in [0.4, 0.5) is 0 Å². The minimum Gasteiger partial charge on any atom is -0.463 e. The molecule has 1 amide bonds. The number of ether oxygens (including phenoxy) is 1. The van der Waals surface area contributed by atoms with Crippen LogP contribution in [0.25, 0.3) is 0 Å². The molecule has 0 saturated carbocycles. The Hall–Kier alpha value is -2.08. The number of thioether (sulfide) groups is 1. The second-order valence-corrected chi connectivity index (χ2v) is 6.70. The Balaban J connectivity index is 2.14. The van der Waals surface area contributed by atoms with E-state index in [4.69, 9.17) is 4.74 Å². The first-order valence-electron chi connectivity index (χ1n) is 7.55. The number of amides is 1. The van der Waals surface area contributed by atoms with Gasteiger partial charge in [-0.25, -0.2) is 9.79 Å². The smallest absolute Gasteiger partial charge is 0.338 e. The maximum Gasteiger partial charge on any atom is 0.338 e. The van der Waals surface area contributed by atoms with Crippen LogP contribution in [0.1, 0.15) is 32.4 Å². The monoisotopic (exact) mass is 330 g/mol. The molecule has 120 valence electrons. The van der Waals surface area contributed by atoms with Gasteiger partial charge in [0.05, 0.1) is 29.2 Å². The van der Waals surface area contributed by atoms with E-state index in [1.165, 1.54) is 11.8 Å². The fraction of sp³-hybridized carbons (Fsp3) is 0.353. The van der Waals surface area contributed by atoms with Gasteiger partial charge < -0.3 is 4.74 Å². The minimum absolute atomic E-state index is 0.0306. The van der Waals surface area contributed by atoms with E-state index in [2.05, 4.69) is 4.99 Å². The number of amidine groups is 1. The summed E-state index contributed by atoms with van der Waals surface area (Å²) in [7, 11) is 0. The van der Waals surface area contributed by atoms with Gasteiger partial charge in [0.25, 0.3) is 0 Å². The fourth-order valence-electron chi connectivity index (χ4n) is 2.82. The molecule has 0 aliphatic carbocycles. The van der Waals surface area contributed by atoms with Gasteiger partial charge in [-0.05, 0) is 26.3 Å². The SMILES string of the molecule is CCOC(=O)C1=C(C)N=C2S[C@@H](C)C(=O)N2[C@H]1c1ccccc1. The topological polar surface area (TPSA) is 59.0 Å². The molecule has 2 atom stereocenters. The first kappa shape index (κ1) is 15.8. The van der Waals surface area contributed by atoms with Gasteiger partial charge in [0, 0.05) is 0 Å². The summed E-state index contributed by atoms with van der Waals surface area (Å²) >= 11 is 1.43. The van der Waals surface area contributed by atoms with Crippen molar-refractivity contribution >= 4 is 28.8 Å². The predicted octanol–water partition coefficient (Wildman–Crippen LogP) is 2.90. The van der Waals surface area contributed by atoms with Crippen molar-refractivity contribution in [3.05, 3.63) is 47.2 Å². The average Bonchev–Trinajstić information content (AvgIpc) is 2.81. The predicted molar refractivity (Wildman–Crippen MR) is 89.9 cm³/mol. The number of allylic oxidation sites excluding steroid dienone is 1. The van der Waals surface area contributed by atoms with E-state index in [0.29, 0.717) is 16.4 Å². The summed E-state index contributed by atoms with van der Waals surface area (Å²) in [6, 6.07) is 9.06. The Kier molecular flexibility index (Phi) is 4.26. The second-order valence-electron chi connectivity index (χ2n) is 5.40. The van der Waals surface area contributed by atoms with Gasteiger partial charge in [-0.2, -0.15) is 0 Å². The van der Waals surface area contributed by atoms with Crippen LogP contribution in [0, 0.1) is 0 Å². The Labute approximate surface area is 139 Å². The summed E-state index contributed by atoms with van der Waals surface area (Å²) in [4.78, 5) is 31.2. The van der Waals surface area contributed by atoms with Gasteiger partial charge in [0.1, 0.15) is 0 Å². The number of fused-ring (bicyclic) bond motifs is 1. The average molecular weight is 330 g/mol. The summed E-state index contributed by atoms with van der Waals surface area (Å²) in [5.74, 6) is -0.448. The molecule has 0 radical (unpaired) electrons. The number of esters is 1. The second kappa shape index (κ2) is 6.20. The van der Waals surface area contributed by atoms with Gasteiger partial charge in [0.15, 0.2) is 5.17 Å². The maximum atomic E-state index is 12.6. The minimum atomic E-state index is -0.479. The van der Waals surface area contributed by atoms with Gasteiger partial charge in [0.2, 0.25) is 5.91 Å². The van der Waals surface area contributed by atoms with E-state index < -0.39 is 12.0 Å². The zero-order valence-electron chi connectivity index (χ0n) is 13.3. The molecule has 1 saturated heterocycles. The maximum absolute atomic E-state index is 12.6. The van der Waals surface area contributed by atoms with Crippen molar-refractivity contribution in [2.75, 3.05) is 6.61 Å². The number of carbonyl (C=O) groups is 2. The standard InChI is InChI=1S/C17H18N2O3S/c1-4-22-16(21)13-10(2)18-17-19(15(20)11(3)23-17)14(13)12-8-6-5-7-9-12/h5-9,11,14H,4H2,1-3H3/t11-,14-/m0/s1. The van der Waals surface area contributed by atoms with Crippen LogP contribution < -0.4 is 0 Å². The molecule has 0 unspecified atom stereocenters. The van der Waals surface area contributed by atoms with E-state index >= 15 is 0 Å². The summed E-state index contributed by atoms with van der Waals surface area (Å²) in [6.45, 7) is 5.70. The number of benzene rings is 1. The van der Waals surface area contributed by atoms with Crippen LogP contribution in [0.15, 0.2) is 46.6 Å². The molecule has 0 N–H and O–H groups in total. The number of hydrogen-bond donors (Lipinski definition) is 0. The Morgan fingerprint density at radius 1 is 1.35 bits per heavy atom. The van der Waals surface area contributed by atoms with Crippen molar-refractivity contribution in [3.63, 3.8) is 0 Å². The lowest BCUT2D eigenvalue weighted by atomic mass is 9.94. The summed E-state index contributed by atoms with van der Waals surface area (Å²) in [5.41, 5.74) is 1.92. The lowest BCUT2D eigenvalue weighted by Crippen LogP contribution is -2.40. The largest absolute Gasteiger partial charge is 0.463 e. The van der Waals surface area contributed by atoms with Crippen molar-refractivity contribution in [1.82, 2.24) is 4.90 Å². The van der Waals surface area contributed by atoms with Crippen molar-refractivity contribution in [2.24, 2.45) is 4.99 Å². The number of nitrogens with zero attached hydrogens (tertiary/aromatic N) is 2. The molecular weight excluding hydrogens is 312 g/mol. The van der Waals surface area contributed by atoms with Crippen molar-refractivity contribution in [2.45, 2.75) is 32.1 Å². The molecule has 23 heavy (non-hydrogen) atoms. The van der Waals surface area contributed by atoms with Gasteiger partial charge in [-0.1, -0.05) is 42.1 Å². The molecule has 2 aliphatic heterocycles. The fourth-order valence-corrected chi connectivity index (χ4v) is 3.85. The third-order valence-electron chi connectivity index (χ3n) is 3.87. The molecule has 1 aromatic rings. The molecule has 0 aromatic heterocycles. The van der Waals surface area contributed by atoms with Crippen LogP contribution in [-0.4, -0.2) is 33.8 Å². The van der Waals surface area contributed by atoms with E-state index in [9.17, 15) is 9.59 Å². The quantitative estimate of drug-likeness (QED) is 0.800. The number of hydrogen-bond acceptors (Lipinski definition) is 5. The molecule has 5 nitrogen and oxygen atoms in total. The lowest BCUT2D eigenvalue weighted by molar-refractivity contribution is -0.139. The third-order valence-corrected chi connectivity index (χ3v) is 4.92. The zero-order chi connectivity index (χ0) is 16.6. The highest BCUT2D eigenvalue weighted by Crippen LogP contribution is 2.43. The highest BCUT2D eigenvalue weighted by molar-refractivity contribution is 8.15. The van der Waals surface area contributed by atoms with Crippen LogP contribution in [0.5, 0.6) is 0 Å². The van der Waals surface area contributed by atoms with E-state index in [0.717, 1.165) is 5.56 Å². The van der Waals surface area contributed by atoms with Crippen molar-refractivity contribution in [1.29, 1.82) is 0 Å². The molecule has 0 bridgehead atoms. The van der Waals surface area contributed by atoms with Gasteiger partial charge in [-0.15, -0.1) is 0 Å². The molecule has 1 fully saturated rings. The molecule has 6 heteroatoms. The first-order valence-corrected chi connectivity index (χ1v) is 8.43. The van der Waals surface area contributed by atoms with Crippen LogP contribution in [0.2, 0.25) is 0 Å². The Morgan fingerprint density at radius 2 is 2.04 bits per heavy atom. The highest BCUT2D eigenvalue weighted by atomic mass is 32.2. The van der Waals surface area contributed by atoms with Crippen molar-refractivity contribution < 1.29 is 14.3 Å². The lowest BCUT2D eigenvalue weighted by Gasteiger charge is -2.32.